The van der Waals surface area contributed by atoms with Crippen molar-refractivity contribution in [3.05, 3.63) is 65.4 Å². The molecule has 0 saturated heterocycles. The summed E-state index contributed by atoms with van der Waals surface area (Å²) in [5, 5.41) is 40.1. The average Bonchev–Trinajstić information content (AvgIpc) is 3.43. The Morgan fingerprint density at radius 3 is 2.53 bits per heavy atom. The Balaban J connectivity index is 1.46. The number of nitrogens with one attached hydrogen (secondary N) is 2. The molecule has 3 unspecified atom stereocenters. The zero-order valence-corrected chi connectivity index (χ0v) is 24.0. The molecule has 2 aromatic carbocycles. The van der Waals surface area contributed by atoms with Crippen LogP contribution in [0.2, 0.25) is 0 Å². The first kappa shape index (κ1) is 31.0. The number of aliphatic imine (C=N–C) groups is 1. The molecule has 1 saturated carbocycles. The standard InChI is InChI=1S/C30H30F2N6O7/c1-38-9-8-35-27(38)18-12-16(37-20-5-2-15(29(40)41)10-17(20)30(42)43)4-7-22(18)44-25-19(31)13-36-28(24(25)32)45-23-11-14(26(33)34)3-6-21(23)39/h3-4,6-7,11-13,15,17,20,37,39H,2,5,8-10H2,1H3,(H3,33,34)(H,40,41)(H,42,43). The zero-order valence-electron chi connectivity index (χ0n) is 24.0. The first-order chi connectivity index (χ1) is 21.4. The average molecular weight is 625 g/mol. The lowest BCUT2D eigenvalue weighted by Gasteiger charge is -2.33. The van der Waals surface area contributed by atoms with Crippen molar-refractivity contribution in [3.63, 3.8) is 0 Å². The Kier molecular flexibility index (Phi) is 8.70. The summed E-state index contributed by atoms with van der Waals surface area (Å²) in [7, 11) is 1.78. The molecule has 0 radical (unpaired) electrons. The van der Waals surface area contributed by atoms with Gasteiger partial charge in [-0.3, -0.25) is 20.0 Å². The SMILES string of the molecule is CN1CCN=C1c1cc(NC2CCC(C(=O)O)CC2C(=O)O)ccc1Oc1c(F)cnc(Oc2cc(C(=N)N)ccc2O)c1F. The molecular weight excluding hydrogens is 594 g/mol. The van der Waals surface area contributed by atoms with Crippen molar-refractivity contribution in [3.8, 4) is 28.9 Å². The van der Waals surface area contributed by atoms with Crippen molar-refractivity contribution in [1.82, 2.24) is 9.88 Å². The lowest BCUT2D eigenvalue weighted by atomic mass is 9.78. The molecular formula is C30H30F2N6O7. The Bertz CT molecular complexity index is 1700. The summed E-state index contributed by atoms with van der Waals surface area (Å²) in [6.07, 6.45) is 1.28. The van der Waals surface area contributed by atoms with Crippen molar-refractivity contribution in [2.24, 2.45) is 22.6 Å². The minimum absolute atomic E-state index is 0.0202. The second-order valence-corrected chi connectivity index (χ2v) is 10.7. The van der Waals surface area contributed by atoms with E-state index in [1.165, 1.54) is 24.3 Å². The highest BCUT2D eigenvalue weighted by molar-refractivity contribution is 6.03. The quantitative estimate of drug-likeness (QED) is 0.141. The Morgan fingerprint density at radius 2 is 1.87 bits per heavy atom. The number of rotatable bonds is 10. The van der Waals surface area contributed by atoms with E-state index in [-0.39, 0.29) is 29.3 Å². The fraction of sp³-hybridized carbons (Fsp3) is 0.300. The fourth-order valence-electron chi connectivity index (χ4n) is 5.34. The van der Waals surface area contributed by atoms with Crippen LogP contribution in [0.15, 0.2) is 47.6 Å². The van der Waals surface area contributed by atoms with Crippen LogP contribution in [0, 0.1) is 28.9 Å². The predicted octanol–water partition coefficient (Wildman–Crippen LogP) is 3.99. The number of aromatic nitrogens is 1. The van der Waals surface area contributed by atoms with Crippen LogP contribution in [-0.4, -0.2) is 75.0 Å². The lowest BCUT2D eigenvalue weighted by molar-refractivity contribution is -0.148. The Morgan fingerprint density at radius 1 is 1.09 bits per heavy atom. The molecule has 45 heavy (non-hydrogen) atoms. The third-order valence-electron chi connectivity index (χ3n) is 7.74. The number of benzene rings is 2. The van der Waals surface area contributed by atoms with Crippen molar-refractivity contribution >= 4 is 29.3 Å². The largest absolute Gasteiger partial charge is 0.504 e. The number of nitrogens with two attached hydrogens (primary N) is 1. The number of nitrogens with zero attached hydrogens (tertiary/aromatic N) is 3. The number of pyridine rings is 1. The third kappa shape index (κ3) is 6.56. The summed E-state index contributed by atoms with van der Waals surface area (Å²) in [5.74, 6) is -8.36. The van der Waals surface area contributed by atoms with Crippen molar-refractivity contribution in [2.75, 3.05) is 25.5 Å². The highest BCUT2D eigenvalue weighted by Crippen LogP contribution is 2.39. The number of anilines is 1. The van der Waals surface area contributed by atoms with E-state index in [1.807, 2.05) is 4.90 Å². The molecule has 5 rings (SSSR count). The number of amidine groups is 2. The lowest BCUT2D eigenvalue weighted by Crippen LogP contribution is -2.41. The third-order valence-corrected chi connectivity index (χ3v) is 7.74. The van der Waals surface area contributed by atoms with Crippen LogP contribution in [0.1, 0.15) is 30.4 Å². The van der Waals surface area contributed by atoms with Gasteiger partial charge in [-0.25, -0.2) is 9.37 Å². The summed E-state index contributed by atoms with van der Waals surface area (Å²) in [6, 6.07) is 7.82. The van der Waals surface area contributed by atoms with Gasteiger partial charge in [0.05, 0.1) is 30.1 Å². The molecule has 1 aliphatic carbocycles. The van der Waals surface area contributed by atoms with E-state index in [1.54, 1.807) is 19.2 Å². The Hall–Kier alpha value is -5.47. The van der Waals surface area contributed by atoms with Crippen LogP contribution >= 0.6 is 0 Å². The molecule has 0 bridgehead atoms. The van der Waals surface area contributed by atoms with E-state index >= 15 is 4.39 Å². The number of hydrogen-bond acceptors (Lipinski definition) is 10. The van der Waals surface area contributed by atoms with Gasteiger partial charge in [-0.1, -0.05) is 0 Å². The van der Waals surface area contributed by atoms with Crippen LogP contribution in [0.25, 0.3) is 0 Å². The monoisotopic (exact) mass is 624 g/mol. The van der Waals surface area contributed by atoms with E-state index in [9.17, 15) is 29.3 Å². The highest BCUT2D eigenvalue weighted by Gasteiger charge is 2.38. The van der Waals surface area contributed by atoms with Crippen LogP contribution in [-0.2, 0) is 9.59 Å². The van der Waals surface area contributed by atoms with Crippen LogP contribution in [0.5, 0.6) is 28.9 Å². The number of halogens is 2. The van der Waals surface area contributed by atoms with Gasteiger partial charge in [0, 0.05) is 30.9 Å². The summed E-state index contributed by atoms with van der Waals surface area (Å²) >= 11 is 0. The normalized spacial score (nSPS) is 19.5. The van der Waals surface area contributed by atoms with E-state index in [2.05, 4.69) is 15.3 Å². The van der Waals surface area contributed by atoms with Crippen molar-refractivity contribution < 1.29 is 43.2 Å². The molecule has 2 aliphatic rings. The number of carboxylic acid groups (broad SMARTS) is 2. The van der Waals surface area contributed by atoms with Crippen LogP contribution in [0.3, 0.4) is 0 Å². The molecule has 15 heteroatoms. The number of aliphatic carboxylic acids is 2. The number of phenolic OH excluding ortho intramolecular Hbond substituents is 1. The van der Waals surface area contributed by atoms with E-state index in [0.717, 1.165) is 0 Å². The number of carboxylic acids is 2. The summed E-state index contributed by atoms with van der Waals surface area (Å²) in [6.45, 7) is 1.04. The minimum atomic E-state index is -1.31. The molecule has 0 spiro atoms. The molecule has 1 aromatic heterocycles. The second-order valence-electron chi connectivity index (χ2n) is 10.7. The van der Waals surface area contributed by atoms with Crippen LogP contribution < -0.4 is 20.5 Å². The number of nitrogen functional groups attached to an aromatic ring is 1. The van der Waals surface area contributed by atoms with Gasteiger partial charge in [-0.2, -0.15) is 4.39 Å². The first-order valence-corrected chi connectivity index (χ1v) is 13.9. The first-order valence-electron chi connectivity index (χ1n) is 13.9. The fourth-order valence-corrected chi connectivity index (χ4v) is 5.34. The maximum atomic E-state index is 15.6. The summed E-state index contributed by atoms with van der Waals surface area (Å²) in [5.41, 5.74) is 6.50. The molecule has 2 heterocycles. The van der Waals surface area contributed by atoms with Crippen LogP contribution in [0.4, 0.5) is 14.5 Å². The smallest absolute Gasteiger partial charge is 0.308 e. The molecule has 236 valence electrons. The van der Waals surface area contributed by atoms with Gasteiger partial charge in [0.2, 0.25) is 11.6 Å². The molecule has 7 N–H and O–H groups in total. The minimum Gasteiger partial charge on any atom is -0.504 e. The van der Waals surface area contributed by atoms with E-state index < -0.39 is 58.8 Å². The highest BCUT2D eigenvalue weighted by atomic mass is 19.1. The summed E-state index contributed by atoms with van der Waals surface area (Å²) < 4.78 is 41.8. The van der Waals surface area contributed by atoms with Gasteiger partial charge in [0.25, 0.3) is 5.88 Å². The van der Waals surface area contributed by atoms with Crippen molar-refractivity contribution in [1.29, 1.82) is 5.41 Å². The number of likely N-dealkylation sites (N-methyl/N-ethyl adjacent to an activating group) is 1. The molecule has 3 atom stereocenters. The van der Waals surface area contributed by atoms with E-state index in [0.29, 0.717) is 49.2 Å². The van der Waals surface area contributed by atoms with Gasteiger partial charge in [0.15, 0.2) is 17.3 Å². The van der Waals surface area contributed by atoms with Gasteiger partial charge in [-0.15, -0.1) is 0 Å². The molecule has 0 amide bonds. The maximum absolute atomic E-state index is 15.6. The topological polar surface area (TPSA) is 204 Å². The number of carbonyl (C=O) groups is 2. The molecule has 1 aliphatic heterocycles. The Labute approximate surface area is 255 Å². The molecule has 13 nitrogen and oxygen atoms in total. The van der Waals surface area contributed by atoms with Gasteiger partial charge < -0.3 is 40.7 Å². The number of phenols is 1. The number of ether oxygens (including phenoxy) is 2. The second kappa shape index (κ2) is 12.6. The van der Waals surface area contributed by atoms with Crippen molar-refractivity contribution in [2.45, 2.75) is 25.3 Å². The molecule has 3 aromatic rings. The van der Waals surface area contributed by atoms with Gasteiger partial charge in [0.1, 0.15) is 17.4 Å². The van der Waals surface area contributed by atoms with Gasteiger partial charge in [-0.05, 0) is 55.7 Å². The zero-order chi connectivity index (χ0) is 32.4. The molecule has 1 fully saturated rings. The maximum Gasteiger partial charge on any atom is 0.308 e. The summed E-state index contributed by atoms with van der Waals surface area (Å²) in [4.78, 5) is 33.4. The number of hydrogen-bond donors (Lipinski definition) is 6. The van der Waals surface area contributed by atoms with Gasteiger partial charge >= 0.3 is 11.9 Å². The predicted molar refractivity (Wildman–Crippen MR) is 157 cm³/mol. The number of aromatic hydroxyl groups is 1. The van der Waals surface area contributed by atoms with E-state index in [4.69, 9.17) is 20.6 Å².